The zero-order chi connectivity index (χ0) is 12.4. The fraction of sp³-hybridized carbons (Fsp3) is 0.417. The van der Waals surface area contributed by atoms with Gasteiger partial charge in [0.25, 0.3) is 0 Å². The van der Waals surface area contributed by atoms with Crippen molar-refractivity contribution in [1.29, 1.82) is 0 Å². The van der Waals surface area contributed by atoms with Gasteiger partial charge >= 0.3 is 5.97 Å². The Kier molecular flexibility index (Phi) is 5.92. The van der Waals surface area contributed by atoms with Crippen LogP contribution in [0.1, 0.15) is 18.4 Å². The summed E-state index contributed by atoms with van der Waals surface area (Å²) in [4.78, 5) is 13.0. The lowest BCUT2D eigenvalue weighted by atomic mass is 10.2. The van der Waals surface area contributed by atoms with E-state index < -0.39 is 5.97 Å². The molecular formula is C12H14BrCl2NO2. The van der Waals surface area contributed by atoms with Gasteiger partial charge in [-0.1, -0.05) is 33.6 Å². The summed E-state index contributed by atoms with van der Waals surface area (Å²) in [6, 6.07) is 5.33. The van der Waals surface area contributed by atoms with Gasteiger partial charge in [0.05, 0.1) is 0 Å². The standard InChI is InChI=1S/C12H13BrClNO2.ClH/c13-9-4-3-8(10(14)6-9)7-15-5-1-2-11(15)12(16)17;/h3-4,6,11H,1-2,5,7H2,(H,16,17);1H. The molecule has 6 heteroatoms. The first-order chi connectivity index (χ1) is 8.08. The van der Waals surface area contributed by atoms with E-state index in [0.29, 0.717) is 11.6 Å². The van der Waals surface area contributed by atoms with Gasteiger partial charge in [-0.2, -0.15) is 0 Å². The topological polar surface area (TPSA) is 40.5 Å². The monoisotopic (exact) mass is 353 g/mol. The Morgan fingerprint density at radius 2 is 2.28 bits per heavy atom. The summed E-state index contributed by atoms with van der Waals surface area (Å²) in [5.41, 5.74) is 0.975. The minimum Gasteiger partial charge on any atom is -0.480 e. The molecule has 1 heterocycles. The number of likely N-dealkylation sites (tertiary alicyclic amines) is 1. The molecule has 3 nitrogen and oxygen atoms in total. The van der Waals surface area contributed by atoms with Crippen molar-refractivity contribution in [2.75, 3.05) is 6.54 Å². The molecule has 0 spiro atoms. The average molecular weight is 355 g/mol. The molecule has 1 aliphatic heterocycles. The Morgan fingerprint density at radius 1 is 1.56 bits per heavy atom. The number of halogens is 3. The second kappa shape index (κ2) is 6.75. The van der Waals surface area contributed by atoms with Gasteiger partial charge in [-0.25, -0.2) is 0 Å². The molecule has 1 N–H and O–H groups in total. The molecule has 1 aromatic carbocycles. The maximum Gasteiger partial charge on any atom is 0.320 e. The smallest absolute Gasteiger partial charge is 0.320 e. The van der Waals surface area contributed by atoms with Gasteiger partial charge < -0.3 is 5.11 Å². The fourth-order valence-corrected chi connectivity index (χ4v) is 2.90. The normalized spacial score (nSPS) is 19.6. The summed E-state index contributed by atoms with van der Waals surface area (Å²) in [5.74, 6) is -0.740. The molecule has 1 unspecified atom stereocenters. The van der Waals surface area contributed by atoms with E-state index in [-0.39, 0.29) is 18.4 Å². The van der Waals surface area contributed by atoms with Crippen molar-refractivity contribution in [1.82, 2.24) is 4.90 Å². The van der Waals surface area contributed by atoms with Crippen molar-refractivity contribution in [2.45, 2.75) is 25.4 Å². The van der Waals surface area contributed by atoms with Crippen LogP contribution in [0.25, 0.3) is 0 Å². The van der Waals surface area contributed by atoms with Crippen molar-refractivity contribution < 1.29 is 9.90 Å². The minimum absolute atomic E-state index is 0. The number of carboxylic acids is 1. The van der Waals surface area contributed by atoms with Gasteiger partial charge in [0.2, 0.25) is 0 Å². The van der Waals surface area contributed by atoms with E-state index in [1.54, 1.807) is 0 Å². The maximum atomic E-state index is 11.1. The maximum absolute atomic E-state index is 11.1. The molecule has 0 bridgehead atoms. The van der Waals surface area contributed by atoms with Crippen LogP contribution in [0.15, 0.2) is 22.7 Å². The molecule has 100 valence electrons. The van der Waals surface area contributed by atoms with E-state index in [4.69, 9.17) is 16.7 Å². The predicted molar refractivity (Wildman–Crippen MR) is 77.5 cm³/mol. The summed E-state index contributed by atoms with van der Waals surface area (Å²) >= 11 is 9.48. The molecule has 2 rings (SSSR count). The third kappa shape index (κ3) is 3.60. The zero-order valence-electron chi connectivity index (χ0n) is 9.60. The van der Waals surface area contributed by atoms with E-state index in [0.717, 1.165) is 29.4 Å². The zero-order valence-corrected chi connectivity index (χ0v) is 12.8. The first-order valence-electron chi connectivity index (χ1n) is 5.48. The number of rotatable bonds is 3. The van der Waals surface area contributed by atoms with Gasteiger partial charge in [0, 0.05) is 16.0 Å². The van der Waals surface area contributed by atoms with Crippen molar-refractivity contribution in [3.63, 3.8) is 0 Å². The molecule has 1 aromatic rings. The molecule has 0 radical (unpaired) electrons. The van der Waals surface area contributed by atoms with Crippen LogP contribution in [0.3, 0.4) is 0 Å². The lowest BCUT2D eigenvalue weighted by Crippen LogP contribution is -2.35. The lowest BCUT2D eigenvalue weighted by Gasteiger charge is -2.21. The Bertz CT molecular complexity index is 442. The van der Waals surface area contributed by atoms with E-state index in [1.807, 2.05) is 23.1 Å². The SMILES string of the molecule is Cl.O=C(O)C1CCCN1Cc1ccc(Br)cc1Cl. The fourth-order valence-electron chi connectivity index (χ4n) is 2.16. The van der Waals surface area contributed by atoms with Crippen LogP contribution in [-0.2, 0) is 11.3 Å². The number of carboxylic acid groups (broad SMARTS) is 1. The van der Waals surface area contributed by atoms with E-state index in [9.17, 15) is 4.79 Å². The van der Waals surface area contributed by atoms with Crippen LogP contribution in [0.4, 0.5) is 0 Å². The summed E-state index contributed by atoms with van der Waals surface area (Å²) in [7, 11) is 0. The van der Waals surface area contributed by atoms with Crippen LogP contribution in [0, 0.1) is 0 Å². The number of hydrogen-bond donors (Lipinski definition) is 1. The van der Waals surface area contributed by atoms with Crippen molar-refractivity contribution in [2.24, 2.45) is 0 Å². The molecule has 1 saturated heterocycles. The van der Waals surface area contributed by atoms with Gasteiger partial charge in [-0.15, -0.1) is 12.4 Å². The number of benzene rings is 1. The molecule has 0 saturated carbocycles. The Labute approximate surface area is 126 Å². The molecule has 0 amide bonds. The second-order valence-corrected chi connectivity index (χ2v) is 5.53. The molecule has 1 atom stereocenters. The van der Waals surface area contributed by atoms with Crippen LogP contribution < -0.4 is 0 Å². The number of carbonyl (C=O) groups is 1. The first kappa shape index (κ1) is 15.8. The van der Waals surface area contributed by atoms with E-state index in [2.05, 4.69) is 15.9 Å². The Balaban J connectivity index is 0.00000162. The van der Waals surface area contributed by atoms with Crippen LogP contribution >= 0.6 is 39.9 Å². The van der Waals surface area contributed by atoms with E-state index in [1.165, 1.54) is 0 Å². The lowest BCUT2D eigenvalue weighted by molar-refractivity contribution is -0.142. The molecule has 1 fully saturated rings. The molecule has 0 aliphatic carbocycles. The highest BCUT2D eigenvalue weighted by atomic mass is 79.9. The number of aliphatic carboxylic acids is 1. The van der Waals surface area contributed by atoms with Gasteiger partial charge in [-0.05, 0) is 37.1 Å². The minimum atomic E-state index is -0.740. The summed E-state index contributed by atoms with van der Waals surface area (Å²) in [6.45, 7) is 1.42. The quantitative estimate of drug-likeness (QED) is 0.901. The van der Waals surface area contributed by atoms with Crippen LogP contribution in [0.2, 0.25) is 5.02 Å². The predicted octanol–water partition coefficient (Wildman–Crippen LogP) is 3.57. The largest absolute Gasteiger partial charge is 0.480 e. The average Bonchev–Trinajstić information content (AvgIpc) is 2.70. The summed E-state index contributed by atoms with van der Waals surface area (Å²) < 4.78 is 0.933. The Hall–Kier alpha value is -0.290. The molecule has 18 heavy (non-hydrogen) atoms. The van der Waals surface area contributed by atoms with Crippen molar-refractivity contribution in [3.05, 3.63) is 33.3 Å². The molecule has 0 aromatic heterocycles. The van der Waals surface area contributed by atoms with Crippen molar-refractivity contribution >= 4 is 45.9 Å². The summed E-state index contributed by atoms with van der Waals surface area (Å²) in [6.07, 6.45) is 1.66. The highest BCUT2D eigenvalue weighted by molar-refractivity contribution is 9.10. The third-order valence-electron chi connectivity index (χ3n) is 3.04. The van der Waals surface area contributed by atoms with Crippen LogP contribution in [0.5, 0.6) is 0 Å². The number of hydrogen-bond acceptors (Lipinski definition) is 2. The van der Waals surface area contributed by atoms with Crippen LogP contribution in [-0.4, -0.2) is 28.6 Å². The summed E-state index contributed by atoms with van der Waals surface area (Å²) in [5, 5.41) is 9.77. The van der Waals surface area contributed by atoms with Gasteiger partial charge in [0.1, 0.15) is 6.04 Å². The van der Waals surface area contributed by atoms with Gasteiger partial charge in [0.15, 0.2) is 0 Å². The van der Waals surface area contributed by atoms with E-state index >= 15 is 0 Å². The molecule has 1 aliphatic rings. The van der Waals surface area contributed by atoms with Gasteiger partial charge in [-0.3, -0.25) is 9.69 Å². The molecular weight excluding hydrogens is 341 g/mol. The van der Waals surface area contributed by atoms with Crippen molar-refractivity contribution in [3.8, 4) is 0 Å². The number of nitrogens with zero attached hydrogens (tertiary/aromatic N) is 1. The third-order valence-corrected chi connectivity index (χ3v) is 3.88. The Morgan fingerprint density at radius 3 is 2.89 bits per heavy atom. The first-order valence-corrected chi connectivity index (χ1v) is 6.66. The highest BCUT2D eigenvalue weighted by Crippen LogP contribution is 2.26. The second-order valence-electron chi connectivity index (χ2n) is 4.20. The highest BCUT2D eigenvalue weighted by Gasteiger charge is 2.30.